The third-order valence-electron chi connectivity index (χ3n) is 4.72. The SMILES string of the molecule is O=C(Cc1ccccc1[N+](=O)[O-])OCC(=O)N1N=C(c2ccco2)CC1c1ccco1. The number of para-hydroxylation sites is 1. The Hall–Kier alpha value is -4.21. The summed E-state index contributed by atoms with van der Waals surface area (Å²) in [6.45, 7) is -0.564. The molecule has 10 heteroatoms. The zero-order valence-corrected chi connectivity index (χ0v) is 16.2. The van der Waals surface area contributed by atoms with Crippen molar-refractivity contribution in [2.75, 3.05) is 6.61 Å². The van der Waals surface area contributed by atoms with Crippen LogP contribution in [0.2, 0.25) is 0 Å². The minimum Gasteiger partial charge on any atom is -0.467 e. The predicted molar refractivity (Wildman–Crippen MR) is 106 cm³/mol. The lowest BCUT2D eigenvalue weighted by Crippen LogP contribution is -2.31. The number of benzene rings is 1. The van der Waals surface area contributed by atoms with E-state index in [2.05, 4.69) is 5.10 Å². The summed E-state index contributed by atoms with van der Waals surface area (Å²) >= 11 is 0. The standard InChI is InChI=1S/C21H17N3O7/c25-20(13-31-21(26)11-14-5-1-2-6-16(14)24(27)28)23-17(19-8-4-10-30-19)12-15(22-23)18-7-3-9-29-18/h1-10,17H,11-13H2. The van der Waals surface area contributed by atoms with Gasteiger partial charge < -0.3 is 13.6 Å². The van der Waals surface area contributed by atoms with Crippen LogP contribution >= 0.6 is 0 Å². The number of hydrogen-bond donors (Lipinski definition) is 0. The molecule has 1 aromatic carbocycles. The minimum atomic E-state index is -0.758. The van der Waals surface area contributed by atoms with Gasteiger partial charge in [-0.25, -0.2) is 5.01 Å². The van der Waals surface area contributed by atoms with E-state index in [1.54, 1.807) is 30.3 Å². The van der Waals surface area contributed by atoms with Gasteiger partial charge in [-0.3, -0.25) is 19.7 Å². The number of nitro benzene ring substituents is 1. The molecule has 1 aliphatic rings. The summed E-state index contributed by atoms with van der Waals surface area (Å²) in [4.78, 5) is 35.5. The van der Waals surface area contributed by atoms with Crippen LogP contribution in [-0.4, -0.2) is 34.1 Å². The molecule has 1 aliphatic heterocycles. The fraction of sp³-hybridized carbons (Fsp3) is 0.190. The molecule has 1 unspecified atom stereocenters. The maximum Gasteiger partial charge on any atom is 0.311 e. The van der Waals surface area contributed by atoms with Crippen molar-refractivity contribution >= 4 is 23.3 Å². The van der Waals surface area contributed by atoms with E-state index in [0.717, 1.165) is 0 Å². The molecule has 3 heterocycles. The van der Waals surface area contributed by atoms with Crippen molar-refractivity contribution in [3.05, 3.63) is 88.3 Å². The second-order valence-electron chi connectivity index (χ2n) is 6.72. The number of esters is 1. The average Bonchev–Trinajstić information content (AvgIpc) is 3.53. The fourth-order valence-corrected chi connectivity index (χ4v) is 3.29. The van der Waals surface area contributed by atoms with Gasteiger partial charge in [-0.1, -0.05) is 18.2 Å². The lowest BCUT2D eigenvalue weighted by Gasteiger charge is -2.19. The topological polar surface area (TPSA) is 128 Å². The van der Waals surface area contributed by atoms with Gasteiger partial charge in [0.15, 0.2) is 6.61 Å². The second kappa shape index (κ2) is 8.66. The first-order valence-electron chi connectivity index (χ1n) is 9.37. The number of hydrogen-bond acceptors (Lipinski definition) is 8. The van der Waals surface area contributed by atoms with Crippen LogP contribution < -0.4 is 0 Å². The van der Waals surface area contributed by atoms with Gasteiger partial charge in [0.2, 0.25) is 0 Å². The first-order valence-corrected chi connectivity index (χ1v) is 9.37. The largest absolute Gasteiger partial charge is 0.467 e. The van der Waals surface area contributed by atoms with Crippen molar-refractivity contribution in [1.29, 1.82) is 0 Å². The number of ether oxygens (including phenoxy) is 1. The fourth-order valence-electron chi connectivity index (χ4n) is 3.29. The number of nitro groups is 1. The van der Waals surface area contributed by atoms with Gasteiger partial charge in [0.05, 0.1) is 23.9 Å². The quantitative estimate of drug-likeness (QED) is 0.324. The van der Waals surface area contributed by atoms with Crippen molar-refractivity contribution in [2.24, 2.45) is 5.10 Å². The van der Waals surface area contributed by atoms with Gasteiger partial charge in [-0.15, -0.1) is 0 Å². The van der Waals surface area contributed by atoms with Crippen molar-refractivity contribution in [2.45, 2.75) is 18.9 Å². The molecule has 2 aromatic heterocycles. The molecule has 0 radical (unpaired) electrons. The summed E-state index contributed by atoms with van der Waals surface area (Å²) in [5, 5.41) is 16.6. The monoisotopic (exact) mass is 423 g/mol. The molecule has 4 rings (SSSR count). The highest BCUT2D eigenvalue weighted by Gasteiger charge is 2.36. The molecule has 31 heavy (non-hydrogen) atoms. The van der Waals surface area contributed by atoms with E-state index in [9.17, 15) is 19.7 Å². The van der Waals surface area contributed by atoms with E-state index in [1.807, 2.05) is 0 Å². The summed E-state index contributed by atoms with van der Waals surface area (Å²) in [7, 11) is 0. The maximum atomic E-state index is 12.8. The molecule has 0 spiro atoms. The van der Waals surface area contributed by atoms with Gasteiger partial charge in [0.1, 0.15) is 23.3 Å². The van der Waals surface area contributed by atoms with Crippen LogP contribution in [0.1, 0.15) is 29.5 Å². The second-order valence-corrected chi connectivity index (χ2v) is 6.72. The lowest BCUT2D eigenvalue weighted by atomic mass is 10.1. The highest BCUT2D eigenvalue weighted by atomic mass is 16.6. The number of furan rings is 2. The Kier molecular flexibility index (Phi) is 5.61. The van der Waals surface area contributed by atoms with Crippen LogP contribution in [-0.2, 0) is 20.7 Å². The van der Waals surface area contributed by atoms with Crippen molar-refractivity contribution in [3.8, 4) is 0 Å². The average molecular weight is 423 g/mol. The number of carbonyl (C=O) groups is 2. The summed E-state index contributed by atoms with van der Waals surface area (Å²) in [5.74, 6) is -0.254. The van der Waals surface area contributed by atoms with Gasteiger partial charge >= 0.3 is 5.97 Å². The van der Waals surface area contributed by atoms with Crippen molar-refractivity contribution in [1.82, 2.24) is 5.01 Å². The predicted octanol–water partition coefficient (Wildman–Crippen LogP) is 3.24. The molecular weight excluding hydrogens is 406 g/mol. The van der Waals surface area contributed by atoms with Crippen molar-refractivity contribution < 1.29 is 28.1 Å². The zero-order chi connectivity index (χ0) is 21.8. The van der Waals surface area contributed by atoms with E-state index >= 15 is 0 Å². The lowest BCUT2D eigenvalue weighted by molar-refractivity contribution is -0.385. The molecule has 1 atom stereocenters. The maximum absolute atomic E-state index is 12.8. The Balaban J connectivity index is 1.44. The molecule has 0 bridgehead atoms. The number of nitrogens with zero attached hydrogens (tertiary/aromatic N) is 3. The third kappa shape index (κ3) is 4.37. The van der Waals surface area contributed by atoms with Crippen LogP contribution in [0.4, 0.5) is 5.69 Å². The highest BCUT2D eigenvalue weighted by molar-refractivity contribution is 6.01. The van der Waals surface area contributed by atoms with Gasteiger partial charge in [0, 0.05) is 18.1 Å². The third-order valence-corrected chi connectivity index (χ3v) is 4.72. The number of rotatable bonds is 7. The summed E-state index contributed by atoms with van der Waals surface area (Å²) < 4.78 is 15.9. The molecule has 158 valence electrons. The van der Waals surface area contributed by atoms with Gasteiger partial charge in [-0.2, -0.15) is 5.10 Å². The van der Waals surface area contributed by atoms with E-state index in [4.69, 9.17) is 13.6 Å². The summed E-state index contributed by atoms with van der Waals surface area (Å²) in [6, 6.07) is 12.2. The van der Waals surface area contributed by atoms with Crippen LogP contribution in [0.5, 0.6) is 0 Å². The van der Waals surface area contributed by atoms with Crippen LogP contribution in [0.3, 0.4) is 0 Å². The van der Waals surface area contributed by atoms with Crippen LogP contribution in [0.25, 0.3) is 0 Å². The molecule has 0 fully saturated rings. The molecule has 0 N–H and O–H groups in total. The molecule has 1 amide bonds. The van der Waals surface area contributed by atoms with Gasteiger partial charge in [0.25, 0.3) is 11.6 Å². The molecule has 0 aliphatic carbocycles. The first kappa shape index (κ1) is 20.1. The molecular formula is C21H17N3O7. The summed E-state index contributed by atoms with van der Waals surface area (Å²) in [6.07, 6.45) is 3.05. The first-order chi connectivity index (χ1) is 15.0. The number of hydrazone groups is 1. The zero-order valence-electron chi connectivity index (χ0n) is 16.2. The minimum absolute atomic E-state index is 0.184. The Labute approximate surface area is 175 Å². The highest BCUT2D eigenvalue weighted by Crippen LogP contribution is 2.33. The molecule has 0 saturated carbocycles. The smallest absolute Gasteiger partial charge is 0.311 e. The number of carbonyl (C=O) groups excluding carboxylic acids is 2. The Morgan fingerprint density at radius 2 is 1.90 bits per heavy atom. The molecule has 10 nitrogen and oxygen atoms in total. The van der Waals surface area contributed by atoms with Gasteiger partial charge in [-0.05, 0) is 24.3 Å². The Bertz CT molecular complexity index is 1120. The van der Waals surface area contributed by atoms with Crippen LogP contribution in [0.15, 0.2) is 75.0 Å². The van der Waals surface area contributed by atoms with E-state index < -0.39 is 29.4 Å². The van der Waals surface area contributed by atoms with Crippen LogP contribution in [0, 0.1) is 10.1 Å². The van der Waals surface area contributed by atoms with E-state index in [-0.39, 0.29) is 17.7 Å². The van der Waals surface area contributed by atoms with E-state index in [0.29, 0.717) is 23.7 Å². The van der Waals surface area contributed by atoms with E-state index in [1.165, 1.54) is 35.7 Å². The Morgan fingerprint density at radius 1 is 1.13 bits per heavy atom. The normalized spacial score (nSPS) is 15.5. The van der Waals surface area contributed by atoms with Crippen molar-refractivity contribution in [3.63, 3.8) is 0 Å². The molecule has 3 aromatic rings. The summed E-state index contributed by atoms with van der Waals surface area (Å²) in [5.41, 5.74) is 0.583. The molecule has 0 saturated heterocycles. The number of amides is 1. The Morgan fingerprint density at radius 3 is 2.61 bits per heavy atom.